The van der Waals surface area contributed by atoms with Gasteiger partial charge in [-0.05, 0) is 61.0 Å². The van der Waals surface area contributed by atoms with Crippen molar-refractivity contribution < 1.29 is 9.53 Å². The summed E-state index contributed by atoms with van der Waals surface area (Å²) in [6, 6.07) is 15.8. The Labute approximate surface area is 209 Å². The molecule has 0 spiro atoms. The Balaban J connectivity index is 1.41. The highest BCUT2D eigenvalue weighted by atomic mass is 79.9. The average Bonchev–Trinajstić information content (AvgIpc) is 3.39. The van der Waals surface area contributed by atoms with Gasteiger partial charge in [0.15, 0.2) is 5.84 Å². The van der Waals surface area contributed by atoms with Crippen LogP contribution in [-0.4, -0.2) is 38.1 Å². The lowest BCUT2D eigenvalue weighted by molar-refractivity contribution is -0.114. The smallest absolute Gasteiger partial charge is 0.283 e. The Morgan fingerprint density at radius 3 is 2.76 bits per heavy atom. The maximum atomic E-state index is 12.8. The van der Waals surface area contributed by atoms with Gasteiger partial charge in [0.1, 0.15) is 17.4 Å². The topological polar surface area (TPSA) is 83.0 Å². The second kappa shape index (κ2) is 9.60. The number of amidine groups is 2. The normalized spacial score (nSPS) is 16.8. The van der Waals surface area contributed by atoms with E-state index in [0.717, 1.165) is 44.6 Å². The van der Waals surface area contributed by atoms with E-state index < -0.39 is 5.91 Å². The first-order valence-electron chi connectivity index (χ1n) is 11.0. The SMILES string of the molecule is CCCC1=NN2C(=N)C(=Cc3cn(CCOc4ccc(Br)cc4)c4ccccc34)C(=O)N=C2S1. The summed E-state index contributed by atoms with van der Waals surface area (Å²) in [5, 5.41) is 16.9. The molecule has 2 aromatic carbocycles. The van der Waals surface area contributed by atoms with Crippen molar-refractivity contribution in [2.45, 2.75) is 26.3 Å². The minimum Gasteiger partial charge on any atom is -0.492 e. The van der Waals surface area contributed by atoms with Crippen LogP contribution < -0.4 is 4.74 Å². The zero-order chi connectivity index (χ0) is 23.7. The van der Waals surface area contributed by atoms with E-state index in [2.05, 4.69) is 37.5 Å². The molecule has 0 fully saturated rings. The predicted octanol–water partition coefficient (Wildman–Crippen LogP) is 5.90. The van der Waals surface area contributed by atoms with Crippen LogP contribution in [0.15, 0.2) is 74.9 Å². The number of para-hydroxylation sites is 1. The second-order valence-corrected chi connectivity index (χ2v) is 9.82. The number of aliphatic imine (C=N–C) groups is 1. The summed E-state index contributed by atoms with van der Waals surface area (Å²) >= 11 is 4.80. The molecule has 5 rings (SSSR count). The number of rotatable bonds is 7. The second-order valence-electron chi connectivity index (χ2n) is 7.86. The van der Waals surface area contributed by atoms with Gasteiger partial charge in [-0.3, -0.25) is 10.2 Å². The van der Waals surface area contributed by atoms with Gasteiger partial charge in [0, 0.05) is 27.1 Å². The van der Waals surface area contributed by atoms with Gasteiger partial charge in [0.2, 0.25) is 5.17 Å². The van der Waals surface area contributed by atoms with Crippen LogP contribution in [-0.2, 0) is 11.3 Å². The van der Waals surface area contributed by atoms with Crippen LogP contribution >= 0.6 is 27.7 Å². The molecule has 2 aliphatic rings. The lowest BCUT2D eigenvalue weighted by atomic mass is 10.1. The summed E-state index contributed by atoms with van der Waals surface area (Å²) in [4.78, 5) is 17.0. The quantitative estimate of drug-likeness (QED) is 0.381. The Morgan fingerprint density at radius 1 is 1.18 bits per heavy atom. The number of nitrogens with one attached hydrogen (secondary N) is 1. The van der Waals surface area contributed by atoms with Crippen molar-refractivity contribution in [1.82, 2.24) is 9.58 Å². The van der Waals surface area contributed by atoms with E-state index in [1.165, 1.54) is 16.8 Å². The van der Waals surface area contributed by atoms with Crippen LogP contribution in [0.25, 0.3) is 17.0 Å². The molecule has 0 radical (unpaired) electrons. The van der Waals surface area contributed by atoms with Gasteiger partial charge in [-0.1, -0.05) is 41.1 Å². The average molecular weight is 536 g/mol. The Bertz CT molecular complexity index is 1370. The number of hydrogen-bond donors (Lipinski definition) is 1. The molecule has 1 N–H and O–H groups in total. The van der Waals surface area contributed by atoms with Crippen LogP contribution in [0.5, 0.6) is 5.75 Å². The molecule has 0 aliphatic carbocycles. The van der Waals surface area contributed by atoms with Crippen molar-refractivity contribution in [3.63, 3.8) is 0 Å². The molecular formula is C25H22BrN5O2S. The molecule has 1 aromatic heterocycles. The highest BCUT2D eigenvalue weighted by Gasteiger charge is 2.35. The molecule has 7 nitrogen and oxygen atoms in total. The summed E-state index contributed by atoms with van der Waals surface area (Å²) in [7, 11) is 0. The monoisotopic (exact) mass is 535 g/mol. The first-order valence-corrected chi connectivity index (χ1v) is 12.6. The van der Waals surface area contributed by atoms with E-state index in [1.807, 2.05) is 54.7 Å². The van der Waals surface area contributed by atoms with Crippen LogP contribution in [0.2, 0.25) is 0 Å². The van der Waals surface area contributed by atoms with E-state index in [0.29, 0.717) is 18.3 Å². The largest absolute Gasteiger partial charge is 0.492 e. The number of nitrogens with zero attached hydrogens (tertiary/aromatic N) is 4. The number of benzene rings is 2. The van der Waals surface area contributed by atoms with E-state index in [-0.39, 0.29) is 11.4 Å². The molecule has 1 amide bonds. The fourth-order valence-corrected chi connectivity index (χ4v) is 5.12. The minimum absolute atomic E-state index is 0.0593. The van der Waals surface area contributed by atoms with Crippen LogP contribution in [0.1, 0.15) is 25.3 Å². The maximum absolute atomic E-state index is 12.8. The number of hydrogen-bond acceptors (Lipinski definition) is 5. The van der Waals surface area contributed by atoms with Crippen LogP contribution in [0.3, 0.4) is 0 Å². The fourth-order valence-electron chi connectivity index (χ4n) is 3.87. The number of amides is 1. The van der Waals surface area contributed by atoms with Crippen molar-refractivity contribution in [3.8, 4) is 5.75 Å². The van der Waals surface area contributed by atoms with E-state index >= 15 is 0 Å². The van der Waals surface area contributed by atoms with Crippen molar-refractivity contribution in [3.05, 3.63) is 70.3 Å². The third-order valence-corrected chi connectivity index (χ3v) is 6.99. The van der Waals surface area contributed by atoms with Crippen LogP contribution in [0, 0.1) is 5.41 Å². The van der Waals surface area contributed by atoms with E-state index in [1.54, 1.807) is 6.08 Å². The first kappa shape index (κ1) is 22.6. The van der Waals surface area contributed by atoms with Crippen molar-refractivity contribution in [2.75, 3.05) is 6.61 Å². The number of fused-ring (bicyclic) bond motifs is 2. The Hall–Kier alpha value is -3.17. The van der Waals surface area contributed by atoms with Gasteiger partial charge < -0.3 is 9.30 Å². The molecule has 0 atom stereocenters. The van der Waals surface area contributed by atoms with Crippen molar-refractivity contribution in [1.29, 1.82) is 5.41 Å². The van der Waals surface area contributed by atoms with Gasteiger partial charge in [0.05, 0.1) is 12.1 Å². The zero-order valence-corrected chi connectivity index (χ0v) is 20.9. The lowest BCUT2D eigenvalue weighted by Gasteiger charge is -2.20. The standard InChI is InChI=1S/C25H22BrN5O2S/c1-2-5-22-29-31-23(27)20(24(32)28-25(31)34-22)14-16-15-30(21-7-4-3-6-19(16)21)12-13-33-18-10-8-17(26)9-11-18/h3-4,6-11,14-15,27H,2,5,12-13H2,1H3. The highest BCUT2D eigenvalue weighted by Crippen LogP contribution is 2.31. The predicted molar refractivity (Wildman–Crippen MR) is 141 cm³/mol. The molecule has 2 aliphatic heterocycles. The summed E-state index contributed by atoms with van der Waals surface area (Å²) in [6.07, 6.45) is 5.49. The molecule has 3 heterocycles. The summed E-state index contributed by atoms with van der Waals surface area (Å²) in [5.41, 5.74) is 2.13. The number of aromatic nitrogens is 1. The number of ether oxygens (including phenoxy) is 1. The van der Waals surface area contributed by atoms with Gasteiger partial charge in [-0.2, -0.15) is 15.1 Å². The summed E-state index contributed by atoms with van der Waals surface area (Å²) in [6.45, 7) is 3.21. The summed E-state index contributed by atoms with van der Waals surface area (Å²) < 4.78 is 9.01. The molecule has 0 saturated heterocycles. The van der Waals surface area contributed by atoms with E-state index in [9.17, 15) is 4.79 Å². The van der Waals surface area contributed by atoms with Gasteiger partial charge in [-0.25, -0.2) is 0 Å². The highest BCUT2D eigenvalue weighted by molar-refractivity contribution is 9.10. The Kier molecular flexibility index (Phi) is 6.38. The lowest BCUT2D eigenvalue weighted by Crippen LogP contribution is -2.35. The first-order chi connectivity index (χ1) is 16.5. The molecule has 34 heavy (non-hydrogen) atoms. The molecule has 3 aromatic rings. The Morgan fingerprint density at radius 2 is 1.97 bits per heavy atom. The molecule has 0 unspecified atom stereocenters. The molecule has 0 bridgehead atoms. The van der Waals surface area contributed by atoms with Gasteiger partial charge in [-0.15, -0.1) is 0 Å². The number of carbonyl (C=O) groups is 1. The number of carbonyl (C=O) groups excluding carboxylic acids is 1. The molecule has 0 saturated carbocycles. The zero-order valence-electron chi connectivity index (χ0n) is 18.5. The fraction of sp³-hybridized carbons (Fsp3) is 0.200. The third-order valence-electron chi connectivity index (χ3n) is 5.49. The maximum Gasteiger partial charge on any atom is 0.283 e. The molecular weight excluding hydrogens is 514 g/mol. The molecule has 172 valence electrons. The van der Waals surface area contributed by atoms with Gasteiger partial charge in [0.25, 0.3) is 5.91 Å². The number of hydrazone groups is 1. The van der Waals surface area contributed by atoms with Gasteiger partial charge >= 0.3 is 0 Å². The third kappa shape index (κ3) is 4.45. The van der Waals surface area contributed by atoms with Crippen molar-refractivity contribution >= 4 is 66.6 Å². The molecule has 9 heteroatoms. The van der Waals surface area contributed by atoms with Crippen molar-refractivity contribution in [2.24, 2.45) is 10.1 Å². The summed E-state index contributed by atoms with van der Waals surface area (Å²) in [5.74, 6) is 0.458. The van der Waals surface area contributed by atoms with E-state index in [4.69, 9.17) is 10.1 Å². The van der Waals surface area contributed by atoms with Crippen LogP contribution in [0.4, 0.5) is 0 Å². The number of thioether (sulfide) groups is 1. The number of halogens is 1. The minimum atomic E-state index is -0.410.